The zero-order valence-electron chi connectivity index (χ0n) is 10.7. The van der Waals surface area contributed by atoms with Crippen molar-refractivity contribution in [3.05, 3.63) is 34.9 Å². The van der Waals surface area contributed by atoms with E-state index in [9.17, 15) is 0 Å². The van der Waals surface area contributed by atoms with Crippen LogP contribution in [-0.2, 0) is 5.41 Å². The van der Waals surface area contributed by atoms with Crippen LogP contribution >= 0.6 is 11.6 Å². The van der Waals surface area contributed by atoms with E-state index in [1.165, 1.54) is 5.56 Å². The standard InChI is InChI=1S/C14H22ClN/c1-11(2)9-16-10-14(3,4)12-5-7-13(15)8-6-12/h5-8,11,16H,9-10H2,1-4H3. The first-order valence-corrected chi connectivity index (χ1v) is 6.26. The second-order valence-corrected chi connectivity index (χ2v) is 5.85. The molecule has 0 heterocycles. The zero-order chi connectivity index (χ0) is 12.2. The molecule has 1 aromatic rings. The first-order valence-electron chi connectivity index (χ1n) is 5.88. The van der Waals surface area contributed by atoms with Crippen molar-refractivity contribution in [1.82, 2.24) is 5.32 Å². The number of hydrogen-bond acceptors (Lipinski definition) is 1. The highest BCUT2D eigenvalue weighted by atomic mass is 35.5. The summed E-state index contributed by atoms with van der Waals surface area (Å²) in [4.78, 5) is 0. The highest BCUT2D eigenvalue weighted by Gasteiger charge is 2.19. The predicted octanol–water partition coefficient (Wildman–Crippen LogP) is 3.86. The van der Waals surface area contributed by atoms with Gasteiger partial charge in [-0.25, -0.2) is 0 Å². The van der Waals surface area contributed by atoms with E-state index in [4.69, 9.17) is 11.6 Å². The molecule has 0 saturated carbocycles. The molecule has 1 N–H and O–H groups in total. The van der Waals surface area contributed by atoms with Gasteiger partial charge >= 0.3 is 0 Å². The van der Waals surface area contributed by atoms with E-state index in [2.05, 4.69) is 45.1 Å². The van der Waals surface area contributed by atoms with Crippen molar-refractivity contribution < 1.29 is 0 Å². The Balaban J connectivity index is 2.59. The van der Waals surface area contributed by atoms with Crippen molar-refractivity contribution >= 4 is 11.6 Å². The summed E-state index contributed by atoms with van der Waals surface area (Å²) in [5.41, 5.74) is 1.48. The SMILES string of the molecule is CC(C)CNCC(C)(C)c1ccc(Cl)cc1. The number of halogens is 1. The van der Waals surface area contributed by atoms with Crippen molar-refractivity contribution in [1.29, 1.82) is 0 Å². The van der Waals surface area contributed by atoms with Gasteiger partial charge in [0.25, 0.3) is 0 Å². The van der Waals surface area contributed by atoms with Crippen LogP contribution in [0, 0.1) is 5.92 Å². The maximum Gasteiger partial charge on any atom is 0.0406 e. The Hall–Kier alpha value is -0.530. The second-order valence-electron chi connectivity index (χ2n) is 5.42. The highest BCUT2D eigenvalue weighted by molar-refractivity contribution is 6.30. The molecule has 1 rings (SSSR count). The Morgan fingerprint density at radius 2 is 1.75 bits per heavy atom. The van der Waals surface area contributed by atoms with Crippen LogP contribution in [0.5, 0.6) is 0 Å². The lowest BCUT2D eigenvalue weighted by molar-refractivity contribution is 0.443. The summed E-state index contributed by atoms with van der Waals surface area (Å²) in [5.74, 6) is 0.695. The topological polar surface area (TPSA) is 12.0 Å². The van der Waals surface area contributed by atoms with E-state index in [-0.39, 0.29) is 5.41 Å². The molecule has 0 saturated heterocycles. The van der Waals surface area contributed by atoms with Gasteiger partial charge in [0.05, 0.1) is 0 Å². The van der Waals surface area contributed by atoms with Crippen LogP contribution in [0.4, 0.5) is 0 Å². The van der Waals surface area contributed by atoms with Gasteiger partial charge in [0, 0.05) is 17.0 Å². The van der Waals surface area contributed by atoms with Crippen molar-refractivity contribution in [3.63, 3.8) is 0 Å². The Morgan fingerprint density at radius 3 is 2.25 bits per heavy atom. The maximum atomic E-state index is 5.89. The normalized spacial score (nSPS) is 12.1. The van der Waals surface area contributed by atoms with Crippen LogP contribution in [0.25, 0.3) is 0 Å². The molecular weight excluding hydrogens is 218 g/mol. The van der Waals surface area contributed by atoms with Crippen molar-refractivity contribution in [2.24, 2.45) is 5.92 Å². The Bertz CT molecular complexity index is 314. The fourth-order valence-corrected chi connectivity index (χ4v) is 1.80. The summed E-state index contributed by atoms with van der Waals surface area (Å²) in [6.07, 6.45) is 0. The third kappa shape index (κ3) is 4.15. The van der Waals surface area contributed by atoms with E-state index < -0.39 is 0 Å². The molecule has 0 aromatic heterocycles. The Kier molecular flexibility index (Phi) is 4.82. The summed E-state index contributed by atoms with van der Waals surface area (Å²) >= 11 is 5.89. The number of benzene rings is 1. The molecule has 90 valence electrons. The van der Waals surface area contributed by atoms with Crippen molar-refractivity contribution in [2.75, 3.05) is 13.1 Å². The molecule has 0 atom stereocenters. The van der Waals surface area contributed by atoms with E-state index >= 15 is 0 Å². The molecule has 2 heteroatoms. The van der Waals surface area contributed by atoms with Crippen LogP contribution in [-0.4, -0.2) is 13.1 Å². The van der Waals surface area contributed by atoms with Crippen LogP contribution in [0.1, 0.15) is 33.3 Å². The van der Waals surface area contributed by atoms with Crippen LogP contribution < -0.4 is 5.32 Å². The van der Waals surface area contributed by atoms with E-state index in [1.54, 1.807) is 0 Å². The maximum absolute atomic E-state index is 5.89. The van der Waals surface area contributed by atoms with Gasteiger partial charge in [-0.1, -0.05) is 51.4 Å². The lowest BCUT2D eigenvalue weighted by Crippen LogP contribution is -2.34. The van der Waals surface area contributed by atoms with Crippen LogP contribution in [0.2, 0.25) is 5.02 Å². The molecule has 0 radical (unpaired) electrons. The fourth-order valence-electron chi connectivity index (χ4n) is 1.68. The number of nitrogens with one attached hydrogen (secondary N) is 1. The average Bonchev–Trinajstić information content (AvgIpc) is 2.17. The monoisotopic (exact) mass is 239 g/mol. The van der Waals surface area contributed by atoms with Crippen LogP contribution in [0.3, 0.4) is 0 Å². The molecule has 0 bridgehead atoms. The predicted molar refractivity (Wildman–Crippen MR) is 72.2 cm³/mol. The molecule has 0 aliphatic rings. The van der Waals surface area contributed by atoms with E-state index in [0.717, 1.165) is 18.1 Å². The number of rotatable bonds is 5. The van der Waals surface area contributed by atoms with Crippen LogP contribution in [0.15, 0.2) is 24.3 Å². The second kappa shape index (κ2) is 5.70. The minimum absolute atomic E-state index is 0.152. The minimum Gasteiger partial charge on any atom is -0.316 e. The first kappa shape index (κ1) is 13.5. The molecule has 0 fully saturated rings. The number of hydrogen-bond donors (Lipinski definition) is 1. The summed E-state index contributed by atoms with van der Waals surface area (Å²) in [5, 5.41) is 4.31. The van der Waals surface area contributed by atoms with Gasteiger partial charge < -0.3 is 5.32 Å². The fraction of sp³-hybridized carbons (Fsp3) is 0.571. The van der Waals surface area contributed by atoms with Gasteiger partial charge in [-0.2, -0.15) is 0 Å². The molecule has 0 aliphatic carbocycles. The van der Waals surface area contributed by atoms with Gasteiger partial charge in [0.15, 0.2) is 0 Å². The molecule has 1 nitrogen and oxygen atoms in total. The van der Waals surface area contributed by atoms with Crippen molar-refractivity contribution in [2.45, 2.75) is 33.1 Å². The molecule has 0 spiro atoms. The summed E-state index contributed by atoms with van der Waals surface area (Å²) in [6.45, 7) is 11.0. The Labute approximate surface area is 104 Å². The highest BCUT2D eigenvalue weighted by Crippen LogP contribution is 2.23. The van der Waals surface area contributed by atoms with Gasteiger partial charge in [-0.05, 0) is 30.2 Å². The summed E-state index contributed by atoms with van der Waals surface area (Å²) in [7, 11) is 0. The summed E-state index contributed by atoms with van der Waals surface area (Å²) < 4.78 is 0. The zero-order valence-corrected chi connectivity index (χ0v) is 11.4. The average molecular weight is 240 g/mol. The third-order valence-corrected chi connectivity index (χ3v) is 3.00. The molecule has 1 aromatic carbocycles. The van der Waals surface area contributed by atoms with Gasteiger partial charge in [0.2, 0.25) is 0 Å². The summed E-state index contributed by atoms with van der Waals surface area (Å²) in [6, 6.07) is 8.14. The minimum atomic E-state index is 0.152. The molecule has 16 heavy (non-hydrogen) atoms. The third-order valence-electron chi connectivity index (χ3n) is 2.75. The smallest absolute Gasteiger partial charge is 0.0406 e. The van der Waals surface area contributed by atoms with E-state index in [0.29, 0.717) is 5.92 Å². The molecule has 0 unspecified atom stereocenters. The molecule has 0 aliphatic heterocycles. The van der Waals surface area contributed by atoms with Gasteiger partial charge in [0.1, 0.15) is 0 Å². The quantitative estimate of drug-likeness (QED) is 0.823. The first-order chi connectivity index (χ1) is 7.42. The van der Waals surface area contributed by atoms with E-state index in [1.807, 2.05) is 12.1 Å². The van der Waals surface area contributed by atoms with Gasteiger partial charge in [-0.15, -0.1) is 0 Å². The molecule has 0 amide bonds. The molecular formula is C14H22ClN. The lowest BCUT2D eigenvalue weighted by atomic mass is 9.84. The lowest BCUT2D eigenvalue weighted by Gasteiger charge is -2.26. The largest absolute Gasteiger partial charge is 0.316 e. The Morgan fingerprint density at radius 1 is 1.19 bits per heavy atom. The van der Waals surface area contributed by atoms with Crippen molar-refractivity contribution in [3.8, 4) is 0 Å². The van der Waals surface area contributed by atoms with Gasteiger partial charge in [-0.3, -0.25) is 0 Å².